The number of halogens is 1. The van der Waals surface area contributed by atoms with E-state index in [1.54, 1.807) is 0 Å². The van der Waals surface area contributed by atoms with Gasteiger partial charge in [0, 0.05) is 18.0 Å². The molecule has 0 saturated carbocycles. The number of rotatable bonds is 8. The lowest BCUT2D eigenvalue weighted by molar-refractivity contribution is 0.218. The first-order valence-electron chi connectivity index (χ1n) is 9.49. The minimum Gasteiger partial charge on any atom is -0.476 e. The lowest BCUT2D eigenvalue weighted by atomic mass is 10.0. The molecule has 0 aliphatic carbocycles. The maximum Gasteiger partial charge on any atom is 0.214 e. The number of likely N-dealkylation sites (N-methyl/N-ethyl adjacent to an activating group) is 1. The van der Waals surface area contributed by atoms with E-state index in [0.717, 1.165) is 37.5 Å². The van der Waals surface area contributed by atoms with E-state index < -0.39 is 0 Å². The molecule has 0 radical (unpaired) electrons. The van der Waals surface area contributed by atoms with E-state index in [4.69, 9.17) is 9.72 Å². The molecule has 0 aliphatic rings. The molecular formula is C23H29ClN2O. The summed E-state index contributed by atoms with van der Waals surface area (Å²) in [6.45, 7) is 10.2. The molecule has 3 rings (SSSR count). The van der Waals surface area contributed by atoms with Gasteiger partial charge in [0.25, 0.3) is 0 Å². The molecule has 0 saturated heterocycles. The molecule has 0 amide bonds. The fourth-order valence-electron chi connectivity index (χ4n) is 3.25. The van der Waals surface area contributed by atoms with Crippen LogP contribution >= 0.6 is 12.4 Å². The van der Waals surface area contributed by atoms with Crippen molar-refractivity contribution in [2.24, 2.45) is 0 Å². The van der Waals surface area contributed by atoms with E-state index in [0.29, 0.717) is 6.61 Å². The number of nitrogens with zero attached hydrogens (tertiary/aromatic N) is 2. The predicted octanol–water partition coefficient (Wildman–Crippen LogP) is 5.28. The standard InChI is InChI=1S/C23H28N2O.ClH/c1-4-25(5-2)13-14-26-23-15-18(3)21-17-20(11-12-22(21)24-23)16-19-9-7-6-8-10-19;/h6-12,15,17H,4-5,13-14,16H2,1-3H3;1H. The lowest BCUT2D eigenvalue weighted by Crippen LogP contribution is -2.28. The van der Waals surface area contributed by atoms with Crippen LogP contribution in [0.15, 0.2) is 54.6 Å². The molecule has 0 fully saturated rings. The second-order valence-electron chi connectivity index (χ2n) is 6.67. The van der Waals surface area contributed by atoms with Gasteiger partial charge in [0.2, 0.25) is 5.88 Å². The van der Waals surface area contributed by atoms with Crippen LogP contribution in [0.2, 0.25) is 0 Å². The molecule has 1 aromatic heterocycles. The Morgan fingerprint density at radius 1 is 0.926 bits per heavy atom. The van der Waals surface area contributed by atoms with Crippen molar-refractivity contribution in [3.05, 3.63) is 71.3 Å². The average Bonchev–Trinajstić information content (AvgIpc) is 2.67. The minimum atomic E-state index is 0. The predicted molar refractivity (Wildman–Crippen MR) is 116 cm³/mol. The van der Waals surface area contributed by atoms with E-state index in [-0.39, 0.29) is 12.4 Å². The molecular weight excluding hydrogens is 356 g/mol. The van der Waals surface area contributed by atoms with Gasteiger partial charge < -0.3 is 9.64 Å². The van der Waals surface area contributed by atoms with Crippen molar-refractivity contribution >= 4 is 23.3 Å². The summed E-state index contributed by atoms with van der Waals surface area (Å²) >= 11 is 0. The van der Waals surface area contributed by atoms with Gasteiger partial charge in [-0.15, -0.1) is 12.4 Å². The monoisotopic (exact) mass is 384 g/mol. The van der Waals surface area contributed by atoms with Crippen LogP contribution in [-0.2, 0) is 6.42 Å². The van der Waals surface area contributed by atoms with E-state index in [1.807, 2.05) is 0 Å². The normalized spacial score (nSPS) is 10.8. The largest absolute Gasteiger partial charge is 0.476 e. The molecule has 27 heavy (non-hydrogen) atoms. The molecule has 3 aromatic rings. The second kappa shape index (κ2) is 10.3. The second-order valence-corrected chi connectivity index (χ2v) is 6.67. The number of benzene rings is 2. The Morgan fingerprint density at radius 2 is 1.67 bits per heavy atom. The highest BCUT2D eigenvalue weighted by atomic mass is 35.5. The zero-order valence-electron chi connectivity index (χ0n) is 16.4. The first kappa shape index (κ1) is 21.2. The third-order valence-electron chi connectivity index (χ3n) is 4.86. The molecule has 3 nitrogen and oxygen atoms in total. The van der Waals surface area contributed by atoms with E-state index in [2.05, 4.69) is 80.3 Å². The Balaban J connectivity index is 0.00000261. The summed E-state index contributed by atoms with van der Waals surface area (Å²) in [5.41, 5.74) is 4.85. The molecule has 2 aromatic carbocycles. The van der Waals surface area contributed by atoms with Crippen LogP contribution in [0, 0.1) is 6.92 Å². The Labute approximate surface area is 168 Å². The average molecular weight is 385 g/mol. The lowest BCUT2D eigenvalue weighted by Gasteiger charge is -2.18. The third kappa shape index (κ3) is 5.69. The van der Waals surface area contributed by atoms with Crippen LogP contribution in [0.25, 0.3) is 10.9 Å². The van der Waals surface area contributed by atoms with Crippen LogP contribution in [0.5, 0.6) is 5.88 Å². The zero-order chi connectivity index (χ0) is 18.4. The number of ether oxygens (including phenoxy) is 1. The van der Waals surface area contributed by atoms with Crippen molar-refractivity contribution in [3.63, 3.8) is 0 Å². The van der Waals surface area contributed by atoms with Gasteiger partial charge in [0.15, 0.2) is 0 Å². The number of hydrogen-bond acceptors (Lipinski definition) is 3. The summed E-state index contributed by atoms with van der Waals surface area (Å²) in [4.78, 5) is 7.04. The smallest absolute Gasteiger partial charge is 0.214 e. The summed E-state index contributed by atoms with van der Waals surface area (Å²) in [5, 5.41) is 1.20. The molecule has 1 heterocycles. The van der Waals surface area contributed by atoms with Crippen molar-refractivity contribution in [1.29, 1.82) is 0 Å². The Kier molecular flexibility index (Phi) is 8.08. The van der Waals surface area contributed by atoms with Crippen molar-refractivity contribution in [2.45, 2.75) is 27.2 Å². The minimum absolute atomic E-state index is 0. The highest BCUT2D eigenvalue weighted by Crippen LogP contribution is 2.24. The van der Waals surface area contributed by atoms with Crippen LogP contribution in [0.3, 0.4) is 0 Å². The molecule has 0 bridgehead atoms. The first-order valence-corrected chi connectivity index (χ1v) is 9.49. The van der Waals surface area contributed by atoms with Crippen molar-refractivity contribution < 1.29 is 4.74 Å². The molecule has 0 spiro atoms. The van der Waals surface area contributed by atoms with Crippen LogP contribution in [0.1, 0.15) is 30.5 Å². The SMILES string of the molecule is CCN(CC)CCOc1cc(C)c2cc(Cc3ccccc3)ccc2n1.Cl. The molecule has 4 heteroatoms. The fraction of sp³-hybridized carbons (Fsp3) is 0.348. The van der Waals surface area contributed by atoms with E-state index >= 15 is 0 Å². The Hall–Kier alpha value is -2.10. The van der Waals surface area contributed by atoms with Gasteiger partial charge in [-0.05, 0) is 55.3 Å². The van der Waals surface area contributed by atoms with Gasteiger partial charge >= 0.3 is 0 Å². The number of aryl methyl sites for hydroxylation is 1. The number of pyridine rings is 1. The molecule has 144 valence electrons. The topological polar surface area (TPSA) is 25.4 Å². The summed E-state index contributed by atoms with van der Waals surface area (Å²) in [5.74, 6) is 0.720. The van der Waals surface area contributed by atoms with Gasteiger partial charge in [-0.3, -0.25) is 0 Å². The van der Waals surface area contributed by atoms with Crippen LogP contribution < -0.4 is 4.74 Å². The first-order chi connectivity index (χ1) is 12.7. The summed E-state index contributed by atoms with van der Waals surface area (Å²) in [7, 11) is 0. The molecule has 0 N–H and O–H groups in total. The van der Waals surface area contributed by atoms with Gasteiger partial charge in [0.05, 0.1) is 5.52 Å². The summed E-state index contributed by atoms with van der Waals surface area (Å²) in [6, 6.07) is 19.2. The van der Waals surface area contributed by atoms with Gasteiger partial charge in [-0.1, -0.05) is 50.2 Å². The fourth-order valence-corrected chi connectivity index (χ4v) is 3.25. The number of aromatic nitrogens is 1. The van der Waals surface area contributed by atoms with Crippen LogP contribution in [-0.4, -0.2) is 36.1 Å². The van der Waals surface area contributed by atoms with Gasteiger partial charge in [0.1, 0.15) is 6.61 Å². The Bertz CT molecular complexity index is 848. The quantitative estimate of drug-likeness (QED) is 0.528. The third-order valence-corrected chi connectivity index (χ3v) is 4.86. The zero-order valence-corrected chi connectivity index (χ0v) is 17.3. The highest BCUT2D eigenvalue weighted by molar-refractivity contribution is 5.85. The molecule has 0 atom stereocenters. The summed E-state index contributed by atoms with van der Waals surface area (Å²) < 4.78 is 5.90. The molecule has 0 aliphatic heterocycles. The number of fused-ring (bicyclic) bond motifs is 1. The van der Waals surface area contributed by atoms with E-state index in [1.165, 1.54) is 22.1 Å². The van der Waals surface area contributed by atoms with Gasteiger partial charge in [-0.25, -0.2) is 4.98 Å². The molecule has 0 unspecified atom stereocenters. The highest BCUT2D eigenvalue weighted by Gasteiger charge is 2.07. The maximum atomic E-state index is 5.90. The Morgan fingerprint density at radius 3 is 2.37 bits per heavy atom. The van der Waals surface area contributed by atoms with Crippen molar-refractivity contribution in [3.8, 4) is 5.88 Å². The van der Waals surface area contributed by atoms with Crippen molar-refractivity contribution in [1.82, 2.24) is 9.88 Å². The van der Waals surface area contributed by atoms with Crippen molar-refractivity contribution in [2.75, 3.05) is 26.2 Å². The maximum absolute atomic E-state index is 5.90. The van der Waals surface area contributed by atoms with Gasteiger partial charge in [-0.2, -0.15) is 0 Å². The number of hydrogen-bond donors (Lipinski definition) is 0. The van der Waals surface area contributed by atoms with Crippen LogP contribution in [0.4, 0.5) is 0 Å². The summed E-state index contributed by atoms with van der Waals surface area (Å²) in [6.07, 6.45) is 0.943. The van der Waals surface area contributed by atoms with E-state index in [9.17, 15) is 0 Å².